The molecule has 0 amide bonds. The highest BCUT2D eigenvalue weighted by atomic mass is 16.6. The van der Waals surface area contributed by atoms with Crippen LogP contribution in [0.2, 0.25) is 0 Å². The van der Waals surface area contributed by atoms with Crippen LogP contribution in [-0.2, 0) is 4.74 Å². The van der Waals surface area contributed by atoms with E-state index in [1.165, 1.54) is 5.69 Å². The van der Waals surface area contributed by atoms with Crippen molar-refractivity contribution in [3.05, 3.63) is 30.3 Å². The summed E-state index contributed by atoms with van der Waals surface area (Å²) in [6.07, 6.45) is 0. The molecule has 1 unspecified atom stereocenters. The number of anilines is 1. The lowest BCUT2D eigenvalue weighted by molar-refractivity contribution is 0.321. The monoisotopic (exact) mass is 163 g/mol. The topological polar surface area (TPSA) is 15.8 Å². The van der Waals surface area contributed by atoms with Gasteiger partial charge in [-0.15, -0.1) is 0 Å². The largest absolute Gasteiger partial charge is 0.348 e. The van der Waals surface area contributed by atoms with Gasteiger partial charge in [-0.2, -0.15) is 0 Å². The third-order valence-electron chi connectivity index (χ3n) is 2.42. The highest BCUT2D eigenvalue weighted by Gasteiger charge is 2.43. The molecule has 0 bridgehead atoms. The van der Waals surface area contributed by atoms with Crippen molar-refractivity contribution in [2.24, 2.45) is 0 Å². The first-order valence-electron chi connectivity index (χ1n) is 4.15. The normalized spacial score (nSPS) is 26.8. The van der Waals surface area contributed by atoms with Gasteiger partial charge in [-0.05, 0) is 19.1 Å². The molecule has 0 spiro atoms. The summed E-state index contributed by atoms with van der Waals surface area (Å²) in [4.78, 5) is 2.16. The van der Waals surface area contributed by atoms with Crippen LogP contribution in [0.1, 0.15) is 6.92 Å². The molecule has 2 rings (SSSR count). The fourth-order valence-corrected chi connectivity index (χ4v) is 1.22. The number of para-hydroxylation sites is 1. The summed E-state index contributed by atoms with van der Waals surface area (Å²) in [5, 5.41) is 0. The van der Waals surface area contributed by atoms with E-state index < -0.39 is 0 Å². The van der Waals surface area contributed by atoms with Crippen molar-refractivity contribution in [2.45, 2.75) is 12.6 Å². The zero-order valence-corrected chi connectivity index (χ0v) is 7.45. The van der Waals surface area contributed by atoms with Gasteiger partial charge in [0.2, 0.25) is 0 Å². The van der Waals surface area contributed by atoms with Gasteiger partial charge in [-0.25, -0.2) is 0 Å². The number of ether oxygens (including phenoxy) is 1. The van der Waals surface area contributed by atoms with Gasteiger partial charge in [0.25, 0.3) is 0 Å². The molecule has 0 N–H and O–H groups in total. The van der Waals surface area contributed by atoms with Crippen molar-refractivity contribution in [1.82, 2.24) is 0 Å². The lowest BCUT2D eigenvalue weighted by atomic mass is 10.2. The molecule has 1 heterocycles. The van der Waals surface area contributed by atoms with E-state index in [-0.39, 0.29) is 5.72 Å². The first kappa shape index (κ1) is 7.62. The summed E-state index contributed by atoms with van der Waals surface area (Å²) in [5.74, 6) is 0. The third kappa shape index (κ3) is 1.18. The Labute approximate surface area is 72.8 Å². The number of hydrogen-bond donors (Lipinski definition) is 0. The Morgan fingerprint density at radius 1 is 1.33 bits per heavy atom. The van der Waals surface area contributed by atoms with Gasteiger partial charge in [0.15, 0.2) is 5.72 Å². The maximum Gasteiger partial charge on any atom is 0.161 e. The molecule has 2 heteroatoms. The van der Waals surface area contributed by atoms with Crippen molar-refractivity contribution in [3.63, 3.8) is 0 Å². The number of epoxide rings is 1. The number of benzene rings is 1. The van der Waals surface area contributed by atoms with E-state index in [0.29, 0.717) is 0 Å². The van der Waals surface area contributed by atoms with Gasteiger partial charge in [0, 0.05) is 12.7 Å². The minimum atomic E-state index is -0.0542. The van der Waals surface area contributed by atoms with Gasteiger partial charge in [-0.3, -0.25) is 0 Å². The molecule has 1 aliphatic heterocycles. The first-order chi connectivity index (χ1) is 5.72. The highest BCUT2D eigenvalue weighted by Crippen LogP contribution is 2.33. The van der Waals surface area contributed by atoms with E-state index in [1.54, 1.807) is 0 Å². The van der Waals surface area contributed by atoms with Gasteiger partial charge < -0.3 is 9.64 Å². The molecule has 1 fully saturated rings. The Morgan fingerprint density at radius 3 is 2.42 bits per heavy atom. The maximum absolute atomic E-state index is 5.34. The van der Waals surface area contributed by atoms with Crippen LogP contribution in [0, 0.1) is 0 Å². The van der Waals surface area contributed by atoms with Crippen molar-refractivity contribution >= 4 is 5.69 Å². The zero-order chi connectivity index (χ0) is 8.60. The summed E-state index contributed by atoms with van der Waals surface area (Å²) in [6, 6.07) is 10.3. The molecule has 1 atom stereocenters. The van der Waals surface area contributed by atoms with Gasteiger partial charge in [-0.1, -0.05) is 18.2 Å². The van der Waals surface area contributed by atoms with Crippen LogP contribution in [0.3, 0.4) is 0 Å². The van der Waals surface area contributed by atoms with Crippen LogP contribution in [0.15, 0.2) is 30.3 Å². The Kier molecular flexibility index (Phi) is 1.58. The second kappa shape index (κ2) is 2.49. The molecule has 12 heavy (non-hydrogen) atoms. The summed E-state index contributed by atoms with van der Waals surface area (Å²) in [7, 11) is 2.06. The maximum atomic E-state index is 5.34. The van der Waals surface area contributed by atoms with Crippen LogP contribution in [0.4, 0.5) is 5.69 Å². The SMILES string of the molecule is CN(c1ccccc1)C1(C)CO1. The molecule has 1 saturated heterocycles. The van der Waals surface area contributed by atoms with E-state index in [0.717, 1.165) is 6.61 Å². The Hall–Kier alpha value is -1.02. The Bertz CT molecular complexity index is 266. The Balaban J connectivity index is 2.20. The van der Waals surface area contributed by atoms with Gasteiger partial charge in [0.1, 0.15) is 0 Å². The smallest absolute Gasteiger partial charge is 0.161 e. The second-order valence-electron chi connectivity index (χ2n) is 3.36. The average molecular weight is 163 g/mol. The van der Waals surface area contributed by atoms with Crippen LogP contribution < -0.4 is 4.90 Å². The van der Waals surface area contributed by atoms with Crippen LogP contribution in [0.5, 0.6) is 0 Å². The number of hydrogen-bond acceptors (Lipinski definition) is 2. The zero-order valence-electron chi connectivity index (χ0n) is 7.45. The summed E-state index contributed by atoms with van der Waals surface area (Å²) in [5.41, 5.74) is 1.15. The molecule has 0 saturated carbocycles. The number of nitrogens with zero attached hydrogens (tertiary/aromatic N) is 1. The summed E-state index contributed by atoms with van der Waals surface area (Å²) < 4.78 is 5.34. The van der Waals surface area contributed by atoms with E-state index in [9.17, 15) is 0 Å². The Morgan fingerprint density at radius 2 is 1.92 bits per heavy atom. The van der Waals surface area contributed by atoms with Gasteiger partial charge >= 0.3 is 0 Å². The molecule has 64 valence electrons. The average Bonchev–Trinajstić information content (AvgIpc) is 2.85. The van der Waals surface area contributed by atoms with E-state index in [2.05, 4.69) is 31.0 Å². The number of likely N-dealkylation sites (N-methyl/N-ethyl adjacent to an activating group) is 1. The van der Waals surface area contributed by atoms with Crippen molar-refractivity contribution in [3.8, 4) is 0 Å². The lowest BCUT2D eigenvalue weighted by Gasteiger charge is -2.23. The summed E-state index contributed by atoms with van der Waals surface area (Å²) in [6.45, 7) is 2.93. The molecule has 1 aromatic carbocycles. The van der Waals surface area contributed by atoms with E-state index in [4.69, 9.17) is 4.74 Å². The lowest BCUT2D eigenvalue weighted by Crippen LogP contribution is -2.31. The van der Waals surface area contributed by atoms with Crippen molar-refractivity contribution < 1.29 is 4.74 Å². The molecule has 0 radical (unpaired) electrons. The van der Waals surface area contributed by atoms with Crippen molar-refractivity contribution in [2.75, 3.05) is 18.6 Å². The molecular formula is C10H13NO. The number of rotatable bonds is 2. The van der Waals surface area contributed by atoms with Gasteiger partial charge in [0.05, 0.1) is 6.61 Å². The molecule has 1 aliphatic rings. The quantitative estimate of drug-likeness (QED) is 0.618. The summed E-state index contributed by atoms with van der Waals surface area (Å²) >= 11 is 0. The van der Waals surface area contributed by atoms with Crippen LogP contribution in [-0.4, -0.2) is 19.4 Å². The van der Waals surface area contributed by atoms with Crippen LogP contribution in [0.25, 0.3) is 0 Å². The predicted molar refractivity (Wildman–Crippen MR) is 49.2 cm³/mol. The van der Waals surface area contributed by atoms with Crippen LogP contribution >= 0.6 is 0 Å². The highest BCUT2D eigenvalue weighted by molar-refractivity contribution is 5.48. The third-order valence-corrected chi connectivity index (χ3v) is 2.42. The van der Waals surface area contributed by atoms with Crippen molar-refractivity contribution in [1.29, 1.82) is 0 Å². The fourth-order valence-electron chi connectivity index (χ4n) is 1.22. The molecular weight excluding hydrogens is 150 g/mol. The fraction of sp³-hybridized carbons (Fsp3) is 0.400. The first-order valence-corrected chi connectivity index (χ1v) is 4.15. The molecule has 2 nitrogen and oxygen atoms in total. The van der Waals surface area contributed by atoms with E-state index >= 15 is 0 Å². The minimum absolute atomic E-state index is 0.0542. The predicted octanol–water partition coefficient (Wildman–Crippen LogP) is 1.87. The molecule has 1 aromatic rings. The standard InChI is InChI=1S/C10H13NO/c1-10(8-12-10)11(2)9-6-4-3-5-7-9/h3-7H,8H2,1-2H3. The second-order valence-corrected chi connectivity index (χ2v) is 3.36. The van der Waals surface area contributed by atoms with E-state index in [1.807, 2.05) is 18.2 Å². The minimum Gasteiger partial charge on any atom is -0.348 e. The molecule has 0 aromatic heterocycles. The molecule has 0 aliphatic carbocycles.